The Bertz CT molecular complexity index is 2230. The molecular formula is C36H23F6N2O2+. The number of Topliss-reactive ketones (excluding diaryl/α,β-unsaturated/α-hetero) is 1. The third-order valence-electron chi connectivity index (χ3n) is 8.51. The smallest absolute Gasteiger partial charge is 0.416 e. The Kier molecular flexibility index (Phi) is 6.42. The van der Waals surface area contributed by atoms with E-state index in [4.69, 9.17) is 0 Å². The van der Waals surface area contributed by atoms with Gasteiger partial charge in [0.25, 0.3) is 0 Å². The number of para-hydroxylation sites is 2. The van der Waals surface area contributed by atoms with Crippen LogP contribution in [0, 0.1) is 6.92 Å². The van der Waals surface area contributed by atoms with Gasteiger partial charge in [-0.3, -0.25) is 4.79 Å². The molecule has 0 unspecified atom stereocenters. The first kappa shape index (κ1) is 29.3. The van der Waals surface area contributed by atoms with E-state index in [0.717, 1.165) is 24.3 Å². The Hall–Kier alpha value is -5.38. The van der Waals surface area contributed by atoms with Gasteiger partial charge in [0, 0.05) is 47.5 Å². The van der Waals surface area contributed by atoms with Crippen molar-refractivity contribution in [3.8, 4) is 5.69 Å². The topological polar surface area (TPSA) is 45.2 Å². The number of carbonyl (C=O) groups is 1. The van der Waals surface area contributed by atoms with Crippen LogP contribution in [-0.2, 0) is 17.1 Å². The molecule has 0 spiro atoms. The first-order valence-electron chi connectivity index (χ1n) is 14.2. The highest BCUT2D eigenvalue weighted by molar-refractivity contribution is 6.48. The third kappa shape index (κ3) is 4.31. The van der Waals surface area contributed by atoms with Gasteiger partial charge in [0.15, 0.2) is 5.71 Å². The second-order valence-electron chi connectivity index (χ2n) is 11.1. The van der Waals surface area contributed by atoms with Crippen LogP contribution >= 0.6 is 0 Å². The van der Waals surface area contributed by atoms with Crippen LogP contribution in [-0.4, -0.2) is 21.2 Å². The van der Waals surface area contributed by atoms with Gasteiger partial charge in [-0.2, -0.15) is 30.9 Å². The number of carbonyl (C=O) groups excluding carboxylic acids is 1. The molecule has 0 saturated heterocycles. The summed E-state index contributed by atoms with van der Waals surface area (Å²) < 4.78 is 84.7. The molecule has 230 valence electrons. The van der Waals surface area contributed by atoms with E-state index >= 15 is 0 Å². The normalized spacial score (nSPS) is 16.8. The summed E-state index contributed by atoms with van der Waals surface area (Å²) >= 11 is 0. The minimum atomic E-state index is -4.56. The van der Waals surface area contributed by atoms with Crippen LogP contribution in [0.25, 0.3) is 27.7 Å². The van der Waals surface area contributed by atoms with E-state index in [0.29, 0.717) is 44.7 Å². The molecule has 46 heavy (non-hydrogen) atoms. The summed E-state index contributed by atoms with van der Waals surface area (Å²) in [6.07, 6.45) is -9.12. The van der Waals surface area contributed by atoms with Crippen LogP contribution in [0.4, 0.5) is 37.7 Å². The molecule has 0 radical (unpaired) electrons. The number of nitrogens with zero attached hydrogens (tertiary/aromatic N) is 2. The van der Waals surface area contributed by atoms with E-state index in [2.05, 4.69) is 0 Å². The second kappa shape index (κ2) is 10.1. The number of hydrogen-bond donors (Lipinski definition) is 1. The lowest BCUT2D eigenvalue weighted by atomic mass is 9.78. The number of ketones is 1. The van der Waals surface area contributed by atoms with E-state index in [9.17, 15) is 36.2 Å². The average Bonchev–Trinajstić information content (AvgIpc) is 3.47. The minimum absolute atomic E-state index is 0.0183. The quantitative estimate of drug-likeness (QED) is 0.123. The van der Waals surface area contributed by atoms with Gasteiger partial charge in [-0.25, -0.2) is 0 Å². The molecule has 2 aliphatic rings. The monoisotopic (exact) mass is 629 g/mol. The van der Waals surface area contributed by atoms with Gasteiger partial charge in [-0.15, -0.1) is 0 Å². The summed E-state index contributed by atoms with van der Waals surface area (Å²) in [7, 11) is 0. The fraction of sp³-hybridized carbons (Fsp3) is 0.111. The zero-order valence-electron chi connectivity index (χ0n) is 24.3. The number of alkyl halides is 6. The van der Waals surface area contributed by atoms with Crippen molar-refractivity contribution in [2.24, 2.45) is 0 Å². The maximum atomic E-state index is 14.1. The molecule has 0 bridgehead atoms. The van der Waals surface area contributed by atoms with Crippen molar-refractivity contribution >= 4 is 44.9 Å². The van der Waals surface area contributed by atoms with E-state index < -0.39 is 29.3 Å². The summed E-state index contributed by atoms with van der Waals surface area (Å²) in [5, 5.41) is 12.1. The summed E-state index contributed by atoms with van der Waals surface area (Å²) in [4.78, 5) is 14.1. The lowest BCUT2D eigenvalue weighted by Crippen LogP contribution is -2.25. The summed E-state index contributed by atoms with van der Waals surface area (Å²) in [5.74, 6) is -0.780. The third-order valence-corrected chi connectivity index (χ3v) is 8.51. The van der Waals surface area contributed by atoms with Crippen molar-refractivity contribution in [3.05, 3.63) is 136 Å². The van der Waals surface area contributed by atoms with Gasteiger partial charge in [0.05, 0.1) is 38.9 Å². The molecule has 1 aliphatic heterocycles. The van der Waals surface area contributed by atoms with Gasteiger partial charge in [-0.1, -0.05) is 42.5 Å². The predicted molar refractivity (Wildman–Crippen MR) is 165 cm³/mol. The van der Waals surface area contributed by atoms with Crippen molar-refractivity contribution in [2.45, 2.75) is 26.2 Å². The largest absolute Gasteiger partial charge is 0.506 e. The Morgan fingerprint density at radius 2 is 1.33 bits per heavy atom. The molecule has 7 rings (SSSR count). The first-order valence-corrected chi connectivity index (χ1v) is 14.2. The molecule has 0 fully saturated rings. The molecular weight excluding hydrogens is 606 g/mol. The summed E-state index contributed by atoms with van der Waals surface area (Å²) in [6.45, 7) is 3.35. The zero-order chi connectivity index (χ0) is 32.7. The Balaban J connectivity index is 1.43. The standard InChI is InChI=1S/C36H22F6N2O2/c1-19-29(25-13-3-5-15-27(25)43(19)23-11-7-9-21(17-23)35(37,38)39)31-33(45)32(34(31)46)30-20(2)44(28-16-6-4-14-26(28)30)24-12-8-10-22(18-24)36(40,41)42/h3-18H,1-2H3/p+1. The summed E-state index contributed by atoms with van der Waals surface area (Å²) in [6, 6.07) is 23.6. The second-order valence-corrected chi connectivity index (χ2v) is 11.1. The van der Waals surface area contributed by atoms with Crippen LogP contribution in [0.5, 0.6) is 0 Å². The van der Waals surface area contributed by atoms with Gasteiger partial charge in [-0.05, 0) is 43.3 Å². The lowest BCUT2D eigenvalue weighted by molar-refractivity contribution is -0.138. The molecule has 5 aromatic rings. The maximum absolute atomic E-state index is 14.1. The molecule has 1 aliphatic carbocycles. The Morgan fingerprint density at radius 3 is 2.02 bits per heavy atom. The average molecular weight is 630 g/mol. The number of aliphatic hydroxyl groups excluding tert-OH is 1. The van der Waals surface area contributed by atoms with Crippen LogP contribution < -0.4 is 4.58 Å². The molecule has 4 aromatic carbocycles. The molecule has 4 nitrogen and oxygen atoms in total. The highest BCUT2D eigenvalue weighted by Crippen LogP contribution is 2.49. The highest BCUT2D eigenvalue weighted by atomic mass is 19.4. The number of aliphatic hydroxyl groups is 1. The highest BCUT2D eigenvalue weighted by Gasteiger charge is 2.46. The number of halogens is 6. The number of hydrogen-bond acceptors (Lipinski definition) is 2. The Labute approximate surface area is 258 Å². The van der Waals surface area contributed by atoms with Crippen LogP contribution in [0.3, 0.4) is 0 Å². The predicted octanol–water partition coefficient (Wildman–Crippen LogP) is 9.59. The van der Waals surface area contributed by atoms with Crippen LogP contribution in [0.15, 0.2) is 108 Å². The fourth-order valence-electron chi connectivity index (χ4n) is 6.54. The van der Waals surface area contributed by atoms with Gasteiger partial charge < -0.3 is 9.67 Å². The van der Waals surface area contributed by atoms with Crippen LogP contribution in [0.2, 0.25) is 0 Å². The SMILES string of the molecule is CC1=[N+](c2cccc(C(F)(F)F)c2)c2ccccc2/C1=C1\C(=O)C(c2c(C)n(-c3cccc(C(F)(F)F)c3)c3ccccc23)=C1O. The molecule has 10 heteroatoms. The van der Waals surface area contributed by atoms with Crippen LogP contribution in [0.1, 0.15) is 34.9 Å². The molecule has 1 N–H and O–H groups in total. The van der Waals surface area contributed by atoms with E-state index in [1.165, 1.54) is 12.1 Å². The minimum Gasteiger partial charge on any atom is -0.506 e. The van der Waals surface area contributed by atoms with Gasteiger partial charge in [0.2, 0.25) is 17.2 Å². The zero-order valence-corrected chi connectivity index (χ0v) is 24.3. The number of aromatic nitrogens is 1. The number of fused-ring (bicyclic) bond motifs is 2. The maximum Gasteiger partial charge on any atom is 0.416 e. The lowest BCUT2D eigenvalue weighted by Gasteiger charge is -2.23. The Morgan fingerprint density at radius 1 is 0.696 bits per heavy atom. The fourth-order valence-corrected chi connectivity index (χ4v) is 6.54. The van der Waals surface area contributed by atoms with E-state index in [1.54, 1.807) is 83.7 Å². The van der Waals surface area contributed by atoms with Crippen molar-refractivity contribution in [1.82, 2.24) is 9.14 Å². The van der Waals surface area contributed by atoms with Crippen molar-refractivity contribution in [1.29, 1.82) is 0 Å². The number of allylic oxidation sites excluding steroid dienone is 3. The molecule has 0 atom stereocenters. The van der Waals surface area contributed by atoms with E-state index in [-0.39, 0.29) is 28.3 Å². The van der Waals surface area contributed by atoms with E-state index in [1.807, 2.05) is 0 Å². The molecule has 1 aromatic heterocycles. The first-order chi connectivity index (χ1) is 21.8. The molecule has 2 heterocycles. The van der Waals surface area contributed by atoms with Crippen molar-refractivity contribution < 1.29 is 36.2 Å². The van der Waals surface area contributed by atoms with Crippen molar-refractivity contribution in [2.75, 3.05) is 0 Å². The summed E-state index contributed by atoms with van der Waals surface area (Å²) in [5.41, 5.74) is 2.22. The number of benzene rings is 4. The number of rotatable bonds is 3. The van der Waals surface area contributed by atoms with Gasteiger partial charge >= 0.3 is 12.4 Å². The van der Waals surface area contributed by atoms with Crippen molar-refractivity contribution in [3.63, 3.8) is 0 Å². The van der Waals surface area contributed by atoms with Gasteiger partial charge in [0.1, 0.15) is 5.76 Å². The molecule has 0 saturated carbocycles. The molecule has 0 amide bonds.